The van der Waals surface area contributed by atoms with Crippen molar-refractivity contribution in [2.75, 3.05) is 6.54 Å². The molecule has 0 aliphatic carbocycles. The van der Waals surface area contributed by atoms with Gasteiger partial charge in [-0.2, -0.15) is 0 Å². The van der Waals surface area contributed by atoms with Crippen molar-refractivity contribution in [2.24, 2.45) is 0 Å². The molecule has 1 heterocycles. The third-order valence-electron chi connectivity index (χ3n) is 6.52. The Labute approximate surface area is 213 Å². The number of nitrogens with zero attached hydrogens (tertiary/aromatic N) is 1. The molecule has 2 atom stereocenters. The summed E-state index contributed by atoms with van der Waals surface area (Å²) >= 11 is 0. The molecule has 0 N–H and O–H groups in total. The molecule has 3 heteroatoms. The Morgan fingerprint density at radius 1 is 0.714 bits per heavy atom. The van der Waals surface area contributed by atoms with Crippen LogP contribution in [-0.2, 0) is 0 Å². The standard InChI is InChI=1S/C32H33NP2/c1-2-3-26-33(34(29-20-12-6-13-21-29)30-22-14-7-15-23-30)35-31(27-16-8-4-9-17-27)24-25-32(35)28-18-10-5-11-19-28/h4-24,32H,2-3,25-26H2,1H3/t32-,35?/m1/s1. The van der Waals surface area contributed by atoms with Gasteiger partial charge in [0.1, 0.15) is 0 Å². The Hall–Kier alpha value is -2.56. The van der Waals surface area contributed by atoms with E-state index >= 15 is 0 Å². The topological polar surface area (TPSA) is 3.24 Å². The van der Waals surface area contributed by atoms with Gasteiger partial charge < -0.3 is 0 Å². The highest BCUT2D eigenvalue weighted by Gasteiger charge is 2.39. The van der Waals surface area contributed by atoms with Crippen LogP contribution in [0.2, 0.25) is 0 Å². The number of hydrogen-bond acceptors (Lipinski definition) is 1. The van der Waals surface area contributed by atoms with Crippen molar-refractivity contribution in [2.45, 2.75) is 31.8 Å². The molecule has 0 saturated carbocycles. The highest BCUT2D eigenvalue weighted by atomic mass is 31.2. The molecule has 0 aromatic heterocycles. The van der Waals surface area contributed by atoms with Crippen LogP contribution in [0.4, 0.5) is 0 Å². The average Bonchev–Trinajstić information content (AvgIpc) is 3.38. The first-order valence-electron chi connectivity index (χ1n) is 12.6. The molecular weight excluding hydrogens is 460 g/mol. The summed E-state index contributed by atoms with van der Waals surface area (Å²) < 4.78 is 2.93. The molecule has 0 amide bonds. The number of allylic oxidation sites excluding steroid dienone is 1. The number of rotatable bonds is 9. The fourth-order valence-electron chi connectivity index (χ4n) is 4.84. The molecule has 1 aliphatic rings. The van der Waals surface area contributed by atoms with E-state index in [1.807, 2.05) is 0 Å². The highest BCUT2D eigenvalue weighted by molar-refractivity contribution is 7.83. The molecule has 4 aromatic carbocycles. The first-order valence-corrected chi connectivity index (χ1v) is 15.3. The minimum atomic E-state index is -0.650. The molecule has 5 rings (SSSR count). The van der Waals surface area contributed by atoms with Crippen molar-refractivity contribution < 1.29 is 0 Å². The normalized spacial score (nSPS) is 17.6. The Morgan fingerprint density at radius 2 is 1.23 bits per heavy atom. The second-order valence-corrected chi connectivity index (χ2v) is 13.6. The summed E-state index contributed by atoms with van der Waals surface area (Å²) in [6, 6.07) is 44.8. The third kappa shape index (κ3) is 5.49. The van der Waals surface area contributed by atoms with Crippen LogP contribution in [-0.4, -0.2) is 11.0 Å². The summed E-state index contributed by atoms with van der Waals surface area (Å²) in [5.41, 5.74) is 3.36. The summed E-state index contributed by atoms with van der Waals surface area (Å²) in [6.45, 7) is 3.43. The van der Waals surface area contributed by atoms with Crippen LogP contribution in [0.1, 0.15) is 43.0 Å². The summed E-state index contributed by atoms with van der Waals surface area (Å²) in [5, 5.41) is 4.43. The highest BCUT2D eigenvalue weighted by Crippen LogP contribution is 2.73. The Kier molecular flexibility index (Phi) is 8.22. The van der Waals surface area contributed by atoms with Gasteiger partial charge in [0, 0.05) is 28.3 Å². The lowest BCUT2D eigenvalue weighted by Gasteiger charge is -2.41. The molecule has 1 aliphatic heterocycles. The maximum atomic E-state index is 2.93. The van der Waals surface area contributed by atoms with E-state index in [2.05, 4.69) is 139 Å². The van der Waals surface area contributed by atoms with Crippen molar-refractivity contribution in [3.8, 4) is 0 Å². The van der Waals surface area contributed by atoms with Gasteiger partial charge in [0.05, 0.1) is 0 Å². The number of benzene rings is 4. The minimum Gasteiger partial charge on any atom is -0.248 e. The van der Waals surface area contributed by atoms with Gasteiger partial charge in [0.25, 0.3) is 0 Å². The van der Waals surface area contributed by atoms with Crippen LogP contribution in [0.25, 0.3) is 5.31 Å². The van der Waals surface area contributed by atoms with Gasteiger partial charge in [-0.3, -0.25) is 0 Å². The van der Waals surface area contributed by atoms with Crippen molar-refractivity contribution in [1.82, 2.24) is 4.44 Å². The molecule has 0 fully saturated rings. The lowest BCUT2D eigenvalue weighted by Crippen LogP contribution is -2.27. The zero-order valence-electron chi connectivity index (χ0n) is 20.4. The van der Waals surface area contributed by atoms with Gasteiger partial charge >= 0.3 is 0 Å². The van der Waals surface area contributed by atoms with Crippen molar-refractivity contribution >= 4 is 32.1 Å². The largest absolute Gasteiger partial charge is 0.248 e. The second kappa shape index (κ2) is 11.9. The molecule has 35 heavy (non-hydrogen) atoms. The summed E-state index contributed by atoms with van der Waals surface area (Å²) in [4.78, 5) is 0. The van der Waals surface area contributed by atoms with E-state index < -0.39 is 16.1 Å². The Bertz CT molecular complexity index is 1170. The third-order valence-corrected chi connectivity index (χ3v) is 12.6. The minimum absolute atomic E-state index is 0.510. The van der Waals surface area contributed by atoms with Gasteiger partial charge in [-0.25, -0.2) is 4.44 Å². The van der Waals surface area contributed by atoms with Crippen LogP contribution in [0.15, 0.2) is 127 Å². The average molecular weight is 494 g/mol. The molecule has 0 radical (unpaired) electrons. The zero-order valence-corrected chi connectivity index (χ0v) is 22.2. The SMILES string of the molecule is CCCCN(P(c1ccccc1)c1ccccc1)P1C(c2ccccc2)=CC[C@@H]1c1ccccc1. The monoisotopic (exact) mass is 493 g/mol. The van der Waals surface area contributed by atoms with Crippen LogP contribution in [0, 0.1) is 0 Å². The van der Waals surface area contributed by atoms with Crippen LogP contribution >= 0.6 is 16.1 Å². The van der Waals surface area contributed by atoms with Crippen LogP contribution < -0.4 is 10.6 Å². The second-order valence-electron chi connectivity index (χ2n) is 8.89. The molecule has 0 saturated heterocycles. The van der Waals surface area contributed by atoms with E-state index in [1.165, 1.54) is 34.6 Å². The van der Waals surface area contributed by atoms with Crippen molar-refractivity contribution in [3.63, 3.8) is 0 Å². The van der Waals surface area contributed by atoms with E-state index in [-0.39, 0.29) is 0 Å². The van der Waals surface area contributed by atoms with E-state index in [4.69, 9.17) is 0 Å². The first-order chi connectivity index (χ1) is 17.4. The maximum absolute atomic E-state index is 2.93. The molecule has 0 bridgehead atoms. The molecule has 176 valence electrons. The van der Waals surface area contributed by atoms with Gasteiger partial charge in [-0.15, -0.1) is 0 Å². The van der Waals surface area contributed by atoms with Crippen LogP contribution in [0.3, 0.4) is 0 Å². The van der Waals surface area contributed by atoms with E-state index in [9.17, 15) is 0 Å². The van der Waals surface area contributed by atoms with E-state index in [0.717, 1.165) is 13.0 Å². The maximum Gasteiger partial charge on any atom is 0.0320 e. The first kappa shape index (κ1) is 24.1. The lowest BCUT2D eigenvalue weighted by atomic mass is 10.1. The molecule has 1 unspecified atom stereocenters. The predicted molar refractivity (Wildman–Crippen MR) is 156 cm³/mol. The zero-order chi connectivity index (χ0) is 23.9. The fraction of sp³-hybridized carbons (Fsp3) is 0.188. The molecule has 1 nitrogen and oxygen atoms in total. The smallest absolute Gasteiger partial charge is 0.0320 e. The molecular formula is C32H33NP2. The van der Waals surface area contributed by atoms with Gasteiger partial charge in [-0.1, -0.05) is 141 Å². The summed E-state index contributed by atoms with van der Waals surface area (Å²) in [5.74, 6) is 0. The Balaban J connectivity index is 1.66. The molecule has 4 aromatic rings. The van der Waals surface area contributed by atoms with Gasteiger partial charge in [0.15, 0.2) is 0 Å². The predicted octanol–water partition coefficient (Wildman–Crippen LogP) is 8.72. The summed E-state index contributed by atoms with van der Waals surface area (Å²) in [7, 11) is -1.21. The van der Waals surface area contributed by atoms with Gasteiger partial charge in [0.2, 0.25) is 0 Å². The van der Waals surface area contributed by atoms with Crippen molar-refractivity contribution in [1.29, 1.82) is 0 Å². The quantitative estimate of drug-likeness (QED) is 0.211. The van der Waals surface area contributed by atoms with Gasteiger partial charge in [-0.05, 0) is 39.9 Å². The summed E-state index contributed by atoms with van der Waals surface area (Å²) in [6.07, 6.45) is 6.06. The lowest BCUT2D eigenvalue weighted by molar-refractivity contribution is 0.637. The molecule has 0 spiro atoms. The Morgan fingerprint density at radius 3 is 1.77 bits per heavy atom. The van der Waals surface area contributed by atoms with Crippen molar-refractivity contribution in [3.05, 3.63) is 139 Å². The van der Waals surface area contributed by atoms with E-state index in [1.54, 1.807) is 5.31 Å². The number of hydrogen-bond donors (Lipinski definition) is 0. The fourth-order valence-corrected chi connectivity index (χ4v) is 11.7. The van der Waals surface area contributed by atoms with Crippen LogP contribution in [0.5, 0.6) is 0 Å². The van der Waals surface area contributed by atoms with E-state index in [0.29, 0.717) is 5.66 Å². The number of unbranched alkanes of at least 4 members (excludes halogenated alkanes) is 1.